The van der Waals surface area contributed by atoms with Gasteiger partial charge in [0.1, 0.15) is 0 Å². The van der Waals surface area contributed by atoms with Crippen molar-refractivity contribution in [3.8, 4) is 0 Å². The van der Waals surface area contributed by atoms with E-state index in [9.17, 15) is 9.59 Å². The zero-order valence-electron chi connectivity index (χ0n) is 12.4. The van der Waals surface area contributed by atoms with Gasteiger partial charge in [-0.05, 0) is 18.6 Å². The number of nitrogens with zero attached hydrogens (tertiary/aromatic N) is 2. The van der Waals surface area contributed by atoms with E-state index in [1.165, 1.54) is 0 Å². The van der Waals surface area contributed by atoms with Crippen molar-refractivity contribution >= 4 is 18.1 Å². The van der Waals surface area contributed by atoms with Crippen LogP contribution in [0.15, 0.2) is 24.3 Å². The highest BCUT2D eigenvalue weighted by atomic mass is 16.6. The smallest absolute Gasteiger partial charge is 0.409 e. The summed E-state index contributed by atoms with van der Waals surface area (Å²) in [5.74, 6) is 0. The van der Waals surface area contributed by atoms with Crippen molar-refractivity contribution in [2.24, 2.45) is 0 Å². The van der Waals surface area contributed by atoms with Gasteiger partial charge in [0.25, 0.3) is 0 Å². The van der Waals surface area contributed by atoms with Crippen molar-refractivity contribution < 1.29 is 14.3 Å². The molecule has 1 aliphatic rings. The molecule has 1 fully saturated rings. The van der Waals surface area contributed by atoms with Crippen molar-refractivity contribution in [3.63, 3.8) is 0 Å². The molecular weight excluding hydrogens is 268 g/mol. The predicted molar refractivity (Wildman–Crippen MR) is 81.3 cm³/mol. The van der Waals surface area contributed by atoms with Crippen molar-refractivity contribution in [1.29, 1.82) is 0 Å². The Morgan fingerprint density at radius 3 is 2.71 bits per heavy atom. The molecular formula is C16H21N2O3. The van der Waals surface area contributed by atoms with Crippen molar-refractivity contribution in [1.82, 2.24) is 4.90 Å². The third kappa shape index (κ3) is 4.21. The quantitative estimate of drug-likeness (QED) is 0.780. The van der Waals surface area contributed by atoms with E-state index in [1.54, 1.807) is 11.0 Å². The molecule has 1 aliphatic heterocycles. The van der Waals surface area contributed by atoms with Gasteiger partial charge in [-0.1, -0.05) is 25.5 Å². The number of amides is 1. The minimum atomic E-state index is -0.224. The Balaban J connectivity index is 1.85. The number of benzene rings is 1. The predicted octanol–water partition coefficient (Wildman–Crippen LogP) is 2.20. The number of unbranched alkanes of at least 4 members (excludes halogenated alkanes) is 1. The lowest BCUT2D eigenvalue weighted by Gasteiger charge is -2.35. The Bertz CT molecular complexity index is 482. The summed E-state index contributed by atoms with van der Waals surface area (Å²) in [5.41, 5.74) is 1.55. The van der Waals surface area contributed by atoms with Crippen LogP contribution >= 0.6 is 0 Å². The molecule has 21 heavy (non-hydrogen) atoms. The molecule has 2 rings (SSSR count). The van der Waals surface area contributed by atoms with Crippen LogP contribution in [-0.4, -0.2) is 50.1 Å². The van der Waals surface area contributed by atoms with Gasteiger partial charge in [0.2, 0.25) is 6.29 Å². The van der Waals surface area contributed by atoms with E-state index in [-0.39, 0.29) is 6.09 Å². The first-order valence-corrected chi connectivity index (χ1v) is 7.39. The van der Waals surface area contributed by atoms with Crippen LogP contribution in [0.5, 0.6) is 0 Å². The number of anilines is 1. The molecule has 1 amide bonds. The Morgan fingerprint density at radius 2 is 2.05 bits per heavy atom. The minimum Gasteiger partial charge on any atom is -0.449 e. The molecule has 1 heterocycles. The van der Waals surface area contributed by atoms with E-state index >= 15 is 0 Å². The van der Waals surface area contributed by atoms with E-state index in [1.807, 2.05) is 24.5 Å². The van der Waals surface area contributed by atoms with E-state index in [2.05, 4.69) is 11.8 Å². The summed E-state index contributed by atoms with van der Waals surface area (Å²) in [5, 5.41) is 0. The maximum atomic E-state index is 11.9. The summed E-state index contributed by atoms with van der Waals surface area (Å²) < 4.78 is 5.22. The van der Waals surface area contributed by atoms with Gasteiger partial charge < -0.3 is 14.5 Å². The van der Waals surface area contributed by atoms with E-state index in [0.717, 1.165) is 31.6 Å². The Morgan fingerprint density at radius 1 is 1.29 bits per heavy atom. The van der Waals surface area contributed by atoms with Crippen LogP contribution in [0.25, 0.3) is 0 Å². The topological polar surface area (TPSA) is 49.9 Å². The summed E-state index contributed by atoms with van der Waals surface area (Å²) in [6.07, 6.45) is 3.60. The molecule has 1 saturated heterocycles. The second-order valence-electron chi connectivity index (χ2n) is 5.09. The van der Waals surface area contributed by atoms with Crippen molar-refractivity contribution in [2.75, 3.05) is 37.7 Å². The molecule has 0 bridgehead atoms. The van der Waals surface area contributed by atoms with Crippen LogP contribution in [0.4, 0.5) is 10.5 Å². The number of carbonyl (C=O) groups is 1. The fraction of sp³-hybridized carbons (Fsp3) is 0.500. The highest BCUT2D eigenvalue weighted by molar-refractivity contribution is 5.77. The second-order valence-corrected chi connectivity index (χ2v) is 5.09. The number of hydrogen-bond donors (Lipinski definition) is 0. The number of ether oxygens (including phenoxy) is 1. The average molecular weight is 289 g/mol. The molecule has 0 spiro atoms. The lowest BCUT2D eigenvalue weighted by molar-refractivity contribution is 0.0989. The molecule has 0 atom stereocenters. The average Bonchev–Trinajstić information content (AvgIpc) is 2.55. The third-order valence-electron chi connectivity index (χ3n) is 3.59. The largest absolute Gasteiger partial charge is 0.449 e. The van der Waals surface area contributed by atoms with E-state index < -0.39 is 0 Å². The highest BCUT2D eigenvalue weighted by Crippen LogP contribution is 2.17. The summed E-state index contributed by atoms with van der Waals surface area (Å²) in [4.78, 5) is 26.4. The van der Waals surface area contributed by atoms with Crippen LogP contribution in [0.3, 0.4) is 0 Å². The van der Waals surface area contributed by atoms with Crippen LogP contribution < -0.4 is 4.90 Å². The fourth-order valence-electron chi connectivity index (χ4n) is 2.31. The van der Waals surface area contributed by atoms with Gasteiger partial charge in [-0.15, -0.1) is 0 Å². The highest BCUT2D eigenvalue weighted by Gasteiger charge is 2.22. The first-order valence-electron chi connectivity index (χ1n) is 7.39. The molecule has 1 aromatic rings. The first-order chi connectivity index (χ1) is 10.2. The molecule has 5 nitrogen and oxygen atoms in total. The molecule has 0 aliphatic carbocycles. The van der Waals surface area contributed by atoms with Crippen molar-refractivity contribution in [2.45, 2.75) is 19.8 Å². The number of piperazine rings is 1. The lowest BCUT2D eigenvalue weighted by atomic mass is 10.2. The molecule has 1 aromatic carbocycles. The molecule has 0 aromatic heterocycles. The van der Waals surface area contributed by atoms with Crippen LogP contribution in [0.2, 0.25) is 0 Å². The molecule has 5 heteroatoms. The van der Waals surface area contributed by atoms with Gasteiger partial charge in [0.15, 0.2) is 0 Å². The van der Waals surface area contributed by atoms with Gasteiger partial charge in [0, 0.05) is 37.4 Å². The maximum Gasteiger partial charge on any atom is 0.409 e. The number of hydrogen-bond acceptors (Lipinski definition) is 4. The molecule has 113 valence electrons. The second kappa shape index (κ2) is 7.67. The molecule has 0 N–H and O–H groups in total. The first kappa shape index (κ1) is 15.4. The summed E-state index contributed by atoms with van der Waals surface area (Å²) in [7, 11) is 0. The molecule has 0 unspecified atom stereocenters. The summed E-state index contributed by atoms with van der Waals surface area (Å²) in [6, 6.07) is 7.37. The maximum absolute atomic E-state index is 11.9. The third-order valence-corrected chi connectivity index (χ3v) is 3.59. The van der Waals surface area contributed by atoms with E-state index in [4.69, 9.17) is 4.74 Å². The van der Waals surface area contributed by atoms with Gasteiger partial charge in [0.05, 0.1) is 6.61 Å². The number of carbonyl (C=O) groups excluding carboxylic acids is 2. The Labute approximate surface area is 125 Å². The Hall–Kier alpha value is -2.04. The van der Waals surface area contributed by atoms with Gasteiger partial charge in [-0.2, -0.15) is 0 Å². The Kier molecular flexibility index (Phi) is 5.60. The fourth-order valence-corrected chi connectivity index (χ4v) is 2.31. The van der Waals surface area contributed by atoms with Crippen LogP contribution in [0, 0.1) is 0 Å². The zero-order valence-corrected chi connectivity index (χ0v) is 12.4. The standard InChI is InChI=1S/C16H21N2O3/c1-2-3-11-21-16(20)18-9-7-17(8-10-18)15-6-4-5-14(12-15)13-19/h4-6,12H,2-3,7-11H2,1H3. The van der Waals surface area contributed by atoms with Crippen molar-refractivity contribution in [3.05, 3.63) is 29.8 Å². The zero-order chi connectivity index (χ0) is 15.1. The lowest BCUT2D eigenvalue weighted by Crippen LogP contribution is -2.49. The van der Waals surface area contributed by atoms with Crippen LogP contribution in [0.1, 0.15) is 25.3 Å². The number of rotatable bonds is 5. The molecule has 1 radical (unpaired) electrons. The van der Waals surface area contributed by atoms with Gasteiger partial charge in [-0.25, -0.2) is 4.79 Å². The van der Waals surface area contributed by atoms with Crippen LogP contribution in [-0.2, 0) is 9.53 Å². The monoisotopic (exact) mass is 289 g/mol. The summed E-state index contributed by atoms with van der Waals surface area (Å²) >= 11 is 0. The van der Waals surface area contributed by atoms with Gasteiger partial charge in [-0.3, -0.25) is 4.79 Å². The normalized spacial score (nSPS) is 14.9. The van der Waals surface area contributed by atoms with E-state index in [0.29, 0.717) is 25.3 Å². The minimum absolute atomic E-state index is 0.224. The van der Waals surface area contributed by atoms with Gasteiger partial charge >= 0.3 is 6.09 Å². The summed E-state index contributed by atoms with van der Waals surface area (Å²) in [6.45, 7) is 5.32. The molecule has 0 saturated carbocycles. The SMILES string of the molecule is CCCCOC(=O)N1CCN(c2cccc([C]=O)c2)CC1.